The van der Waals surface area contributed by atoms with E-state index >= 15 is 0 Å². The standard InChI is InChI=1S/C24H38N2O6/c1-7-30-19(27)23(5,6)26-16-12-11-15-24(25,21(29)32-22(2,3)4)20(28)31-17-18-13-9-8-10-14-18/h8-10,13-14,26H,7,11-12,15-17,25H2,1-6H3/t24-/m0/s1. The fraction of sp³-hybridized carbons (Fsp3) is 0.625. The maximum absolute atomic E-state index is 12.8. The molecular formula is C24H38N2O6. The number of carbonyl (C=O) groups excluding carboxylic acids is 3. The van der Waals surface area contributed by atoms with E-state index in [0.29, 0.717) is 26.0 Å². The molecule has 0 aliphatic rings. The van der Waals surface area contributed by atoms with Crippen LogP contribution < -0.4 is 11.1 Å². The highest BCUT2D eigenvalue weighted by atomic mass is 16.6. The number of rotatable bonds is 12. The Balaban J connectivity index is 2.73. The first kappa shape index (κ1) is 27.6. The number of benzene rings is 1. The minimum atomic E-state index is -1.92. The van der Waals surface area contributed by atoms with Crippen molar-refractivity contribution in [2.24, 2.45) is 5.73 Å². The van der Waals surface area contributed by atoms with Crippen LogP contribution in [0.15, 0.2) is 30.3 Å². The molecule has 8 nitrogen and oxygen atoms in total. The van der Waals surface area contributed by atoms with Crippen molar-refractivity contribution in [3.05, 3.63) is 35.9 Å². The van der Waals surface area contributed by atoms with E-state index in [0.717, 1.165) is 5.56 Å². The Bertz CT molecular complexity index is 758. The summed E-state index contributed by atoms with van der Waals surface area (Å²) in [4.78, 5) is 37.6. The molecule has 0 radical (unpaired) electrons. The van der Waals surface area contributed by atoms with Crippen LogP contribution in [0.5, 0.6) is 0 Å². The molecule has 0 spiro atoms. The van der Waals surface area contributed by atoms with Crippen molar-refractivity contribution < 1.29 is 28.6 Å². The smallest absolute Gasteiger partial charge is 0.338 e. The molecule has 1 aromatic rings. The van der Waals surface area contributed by atoms with Gasteiger partial charge in [-0.05, 0) is 72.9 Å². The summed E-state index contributed by atoms with van der Waals surface area (Å²) in [7, 11) is 0. The number of nitrogens with one attached hydrogen (secondary N) is 1. The predicted molar refractivity (Wildman–Crippen MR) is 122 cm³/mol. The maximum Gasteiger partial charge on any atom is 0.338 e. The van der Waals surface area contributed by atoms with Crippen molar-refractivity contribution in [3.63, 3.8) is 0 Å². The van der Waals surface area contributed by atoms with Crippen LogP contribution in [0.25, 0.3) is 0 Å². The van der Waals surface area contributed by atoms with Gasteiger partial charge in [0.1, 0.15) is 17.7 Å². The summed E-state index contributed by atoms with van der Waals surface area (Å²) >= 11 is 0. The first-order chi connectivity index (χ1) is 14.8. The molecule has 180 valence electrons. The number of ether oxygens (including phenoxy) is 3. The molecule has 0 aliphatic heterocycles. The van der Waals surface area contributed by atoms with Crippen LogP contribution in [0.3, 0.4) is 0 Å². The summed E-state index contributed by atoms with van der Waals surface area (Å²) in [6.45, 7) is 11.2. The van der Waals surface area contributed by atoms with E-state index in [4.69, 9.17) is 19.9 Å². The first-order valence-electron chi connectivity index (χ1n) is 11.0. The van der Waals surface area contributed by atoms with Gasteiger partial charge in [0, 0.05) is 0 Å². The van der Waals surface area contributed by atoms with E-state index < -0.39 is 28.6 Å². The molecule has 0 unspecified atom stereocenters. The van der Waals surface area contributed by atoms with Crippen LogP contribution in [0.2, 0.25) is 0 Å². The third-order valence-electron chi connectivity index (χ3n) is 4.69. The second-order valence-electron chi connectivity index (χ2n) is 9.26. The van der Waals surface area contributed by atoms with Crippen LogP contribution in [0, 0.1) is 0 Å². The molecule has 8 heteroatoms. The van der Waals surface area contributed by atoms with Crippen molar-refractivity contribution in [1.29, 1.82) is 0 Å². The van der Waals surface area contributed by atoms with Gasteiger partial charge in [0.25, 0.3) is 0 Å². The fourth-order valence-electron chi connectivity index (χ4n) is 2.82. The SMILES string of the molecule is CCOC(=O)C(C)(C)NCCCC[C@](N)(C(=O)OCc1ccccc1)C(=O)OC(C)(C)C. The minimum absolute atomic E-state index is 0.0106. The molecule has 0 saturated heterocycles. The highest BCUT2D eigenvalue weighted by Gasteiger charge is 2.46. The number of hydrogen-bond donors (Lipinski definition) is 2. The largest absolute Gasteiger partial charge is 0.465 e. The Kier molecular flexibility index (Phi) is 10.3. The zero-order valence-corrected chi connectivity index (χ0v) is 20.2. The van der Waals surface area contributed by atoms with Crippen LogP contribution in [0.4, 0.5) is 0 Å². The van der Waals surface area contributed by atoms with E-state index in [1.54, 1.807) is 41.5 Å². The lowest BCUT2D eigenvalue weighted by Gasteiger charge is -2.30. The molecule has 1 atom stereocenters. The maximum atomic E-state index is 12.8. The third-order valence-corrected chi connectivity index (χ3v) is 4.69. The summed E-state index contributed by atoms with van der Waals surface area (Å²) in [5.74, 6) is -1.98. The molecular weight excluding hydrogens is 412 g/mol. The molecule has 3 N–H and O–H groups in total. The molecule has 0 aliphatic carbocycles. The zero-order valence-electron chi connectivity index (χ0n) is 20.2. The van der Waals surface area contributed by atoms with E-state index in [1.807, 2.05) is 30.3 Å². The molecule has 0 saturated carbocycles. The van der Waals surface area contributed by atoms with Crippen molar-refractivity contribution in [1.82, 2.24) is 5.32 Å². The molecule has 0 bridgehead atoms. The summed E-state index contributed by atoms with van der Waals surface area (Å²) in [6, 6.07) is 9.15. The molecule has 0 amide bonds. The van der Waals surface area contributed by atoms with Gasteiger partial charge in [-0.1, -0.05) is 30.3 Å². The fourth-order valence-corrected chi connectivity index (χ4v) is 2.82. The molecule has 0 heterocycles. The lowest BCUT2D eigenvalue weighted by molar-refractivity contribution is -0.172. The highest BCUT2D eigenvalue weighted by Crippen LogP contribution is 2.21. The van der Waals surface area contributed by atoms with Crippen molar-refractivity contribution in [2.75, 3.05) is 13.2 Å². The average Bonchev–Trinajstić information content (AvgIpc) is 2.71. The summed E-state index contributed by atoms with van der Waals surface area (Å²) in [6.07, 6.45) is 1.08. The number of esters is 3. The second-order valence-corrected chi connectivity index (χ2v) is 9.26. The third kappa shape index (κ3) is 8.96. The Morgan fingerprint density at radius 1 is 0.906 bits per heavy atom. The zero-order chi connectivity index (χ0) is 24.4. The van der Waals surface area contributed by atoms with Crippen molar-refractivity contribution in [2.45, 2.75) is 84.1 Å². The van der Waals surface area contributed by atoms with Gasteiger partial charge in [0.05, 0.1) is 6.61 Å². The summed E-state index contributed by atoms with van der Waals surface area (Å²) in [5, 5.41) is 3.13. The highest BCUT2D eigenvalue weighted by molar-refractivity contribution is 6.04. The number of carbonyl (C=O) groups is 3. The van der Waals surface area contributed by atoms with Crippen LogP contribution in [-0.4, -0.2) is 47.7 Å². The molecule has 32 heavy (non-hydrogen) atoms. The Morgan fingerprint density at radius 2 is 1.53 bits per heavy atom. The second kappa shape index (κ2) is 12.0. The van der Waals surface area contributed by atoms with E-state index in [2.05, 4.69) is 5.32 Å². The van der Waals surface area contributed by atoms with E-state index in [-0.39, 0.29) is 19.0 Å². The van der Waals surface area contributed by atoms with Gasteiger partial charge in [0.15, 0.2) is 0 Å². The van der Waals surface area contributed by atoms with E-state index in [9.17, 15) is 14.4 Å². The topological polar surface area (TPSA) is 117 Å². The molecule has 1 aromatic carbocycles. The number of hydrogen-bond acceptors (Lipinski definition) is 8. The number of nitrogens with two attached hydrogens (primary N) is 1. The Labute approximate surface area is 191 Å². The van der Waals surface area contributed by atoms with Gasteiger partial charge in [0.2, 0.25) is 5.54 Å². The summed E-state index contributed by atoms with van der Waals surface area (Å²) < 4.78 is 15.8. The lowest BCUT2D eigenvalue weighted by atomic mass is 9.93. The summed E-state index contributed by atoms with van der Waals surface area (Å²) in [5.41, 5.74) is 3.50. The lowest BCUT2D eigenvalue weighted by Crippen LogP contribution is -2.58. The predicted octanol–water partition coefficient (Wildman–Crippen LogP) is 2.87. The Morgan fingerprint density at radius 3 is 2.09 bits per heavy atom. The number of unbranched alkanes of at least 4 members (excludes halogenated alkanes) is 1. The van der Waals surface area contributed by atoms with Gasteiger partial charge in [-0.2, -0.15) is 0 Å². The van der Waals surface area contributed by atoms with Crippen LogP contribution in [0.1, 0.15) is 66.4 Å². The monoisotopic (exact) mass is 450 g/mol. The van der Waals surface area contributed by atoms with Gasteiger partial charge in [-0.15, -0.1) is 0 Å². The van der Waals surface area contributed by atoms with Crippen LogP contribution >= 0.6 is 0 Å². The van der Waals surface area contributed by atoms with E-state index in [1.165, 1.54) is 0 Å². The first-order valence-corrected chi connectivity index (χ1v) is 11.0. The quantitative estimate of drug-likeness (QED) is 0.216. The molecule has 0 aromatic heterocycles. The van der Waals surface area contributed by atoms with Crippen molar-refractivity contribution in [3.8, 4) is 0 Å². The van der Waals surface area contributed by atoms with Crippen LogP contribution in [-0.2, 0) is 35.2 Å². The normalized spacial score (nSPS) is 13.7. The average molecular weight is 451 g/mol. The molecule has 1 rings (SSSR count). The van der Waals surface area contributed by atoms with Gasteiger partial charge in [-0.25, -0.2) is 9.59 Å². The molecule has 0 fully saturated rings. The van der Waals surface area contributed by atoms with Gasteiger partial charge < -0.3 is 25.3 Å². The van der Waals surface area contributed by atoms with Gasteiger partial charge in [-0.3, -0.25) is 4.79 Å². The van der Waals surface area contributed by atoms with Gasteiger partial charge >= 0.3 is 17.9 Å². The van der Waals surface area contributed by atoms with Crippen molar-refractivity contribution >= 4 is 17.9 Å². The Hall–Kier alpha value is -2.45. The minimum Gasteiger partial charge on any atom is -0.465 e.